The molecule has 1 aromatic heterocycles. The zero-order valence-electron chi connectivity index (χ0n) is 18.1. The van der Waals surface area contributed by atoms with E-state index < -0.39 is 5.97 Å². The van der Waals surface area contributed by atoms with E-state index in [1.54, 1.807) is 6.92 Å². The van der Waals surface area contributed by atoms with E-state index in [0.29, 0.717) is 25.7 Å². The molecule has 0 atom stereocenters. The molecule has 2 aromatic carbocycles. The molecule has 0 bridgehead atoms. The van der Waals surface area contributed by atoms with Crippen LogP contribution in [0.5, 0.6) is 0 Å². The highest BCUT2D eigenvalue weighted by atomic mass is 16.5. The Kier molecular flexibility index (Phi) is 7.15. The number of hydrogen-bond donors (Lipinski definition) is 0. The summed E-state index contributed by atoms with van der Waals surface area (Å²) in [5.74, 6) is -0.00516. The average Bonchev–Trinajstić information content (AvgIpc) is 3.34. The Labute approximate surface area is 187 Å². The van der Waals surface area contributed by atoms with E-state index in [0.717, 1.165) is 24.2 Å². The molecular formula is C26H26N2O4. The largest absolute Gasteiger partial charge is 0.460 e. The van der Waals surface area contributed by atoms with Crippen molar-refractivity contribution in [3.05, 3.63) is 96.0 Å². The molecule has 6 nitrogen and oxygen atoms in total. The number of carbonyl (C=O) groups is 1. The predicted octanol–water partition coefficient (Wildman–Crippen LogP) is 4.95. The normalized spacial score (nSPS) is 13.2. The molecular weight excluding hydrogens is 404 g/mol. The van der Waals surface area contributed by atoms with Crippen LogP contribution in [0, 0.1) is 0 Å². The third kappa shape index (κ3) is 5.53. The van der Waals surface area contributed by atoms with Crippen molar-refractivity contribution in [2.24, 2.45) is 0 Å². The Bertz CT molecular complexity index is 1100. The van der Waals surface area contributed by atoms with Gasteiger partial charge in [0.25, 0.3) is 0 Å². The Morgan fingerprint density at radius 2 is 1.97 bits per heavy atom. The second kappa shape index (κ2) is 10.6. The highest BCUT2D eigenvalue weighted by Crippen LogP contribution is 2.26. The topological polar surface area (TPSA) is 64.8 Å². The number of rotatable bonds is 9. The zero-order valence-corrected chi connectivity index (χ0v) is 18.1. The fourth-order valence-corrected chi connectivity index (χ4v) is 3.45. The minimum Gasteiger partial charge on any atom is -0.460 e. The van der Waals surface area contributed by atoms with Gasteiger partial charge in [-0.3, -0.25) is 0 Å². The van der Waals surface area contributed by atoms with Gasteiger partial charge in [-0.15, -0.1) is 0 Å². The third-order valence-electron chi connectivity index (χ3n) is 5.06. The van der Waals surface area contributed by atoms with Gasteiger partial charge in [-0.2, -0.15) is 0 Å². The first-order chi connectivity index (χ1) is 15.7. The van der Waals surface area contributed by atoms with Gasteiger partial charge in [-0.05, 0) is 48.0 Å². The second-order valence-corrected chi connectivity index (χ2v) is 7.37. The van der Waals surface area contributed by atoms with Gasteiger partial charge >= 0.3 is 5.97 Å². The molecule has 0 spiro atoms. The van der Waals surface area contributed by atoms with E-state index in [-0.39, 0.29) is 5.76 Å². The highest BCUT2D eigenvalue weighted by Gasteiger charge is 2.16. The minimum absolute atomic E-state index is 0.105. The number of carbonyl (C=O) groups excluding carboxylic acids is 1. The van der Waals surface area contributed by atoms with Gasteiger partial charge in [0.15, 0.2) is 0 Å². The molecule has 0 saturated heterocycles. The van der Waals surface area contributed by atoms with E-state index in [9.17, 15) is 4.79 Å². The van der Waals surface area contributed by atoms with Crippen LogP contribution in [-0.2, 0) is 16.1 Å². The SMILES string of the molecule is CCOC(=O)c1cnc(-c2cccc(C3=CC=CN(CCOCc4ccccc4)C3)c2)o1. The molecule has 2 heterocycles. The van der Waals surface area contributed by atoms with Crippen LogP contribution in [0.1, 0.15) is 28.6 Å². The third-order valence-corrected chi connectivity index (χ3v) is 5.06. The van der Waals surface area contributed by atoms with Crippen molar-refractivity contribution < 1.29 is 18.7 Å². The summed E-state index contributed by atoms with van der Waals surface area (Å²) in [5, 5.41) is 0. The molecule has 0 N–H and O–H groups in total. The predicted molar refractivity (Wildman–Crippen MR) is 123 cm³/mol. The van der Waals surface area contributed by atoms with Gasteiger partial charge in [-0.25, -0.2) is 9.78 Å². The summed E-state index contributed by atoms with van der Waals surface area (Å²) < 4.78 is 16.4. The quantitative estimate of drug-likeness (QED) is 0.354. The zero-order chi connectivity index (χ0) is 22.2. The molecule has 4 rings (SSSR count). The van der Waals surface area contributed by atoms with Crippen LogP contribution in [0.3, 0.4) is 0 Å². The molecule has 32 heavy (non-hydrogen) atoms. The van der Waals surface area contributed by atoms with Crippen LogP contribution >= 0.6 is 0 Å². The van der Waals surface area contributed by atoms with Gasteiger partial charge in [-0.1, -0.05) is 48.5 Å². The molecule has 1 aliphatic heterocycles. The van der Waals surface area contributed by atoms with Crippen LogP contribution in [0.2, 0.25) is 0 Å². The highest BCUT2D eigenvalue weighted by molar-refractivity contribution is 5.86. The van der Waals surface area contributed by atoms with E-state index in [1.165, 1.54) is 17.3 Å². The molecule has 164 valence electrons. The van der Waals surface area contributed by atoms with Crippen molar-refractivity contribution in [1.82, 2.24) is 9.88 Å². The van der Waals surface area contributed by atoms with Crippen molar-refractivity contribution in [2.75, 3.05) is 26.3 Å². The Morgan fingerprint density at radius 3 is 2.81 bits per heavy atom. The lowest BCUT2D eigenvalue weighted by molar-refractivity contribution is 0.0491. The Morgan fingerprint density at radius 1 is 1.12 bits per heavy atom. The van der Waals surface area contributed by atoms with Crippen molar-refractivity contribution in [3.8, 4) is 11.5 Å². The maximum absolute atomic E-state index is 11.8. The summed E-state index contributed by atoms with van der Waals surface area (Å²) in [6, 6.07) is 18.1. The molecule has 0 fully saturated rings. The lowest BCUT2D eigenvalue weighted by Crippen LogP contribution is -2.25. The number of nitrogens with zero attached hydrogens (tertiary/aromatic N) is 2. The van der Waals surface area contributed by atoms with Gasteiger partial charge < -0.3 is 18.8 Å². The van der Waals surface area contributed by atoms with E-state index in [1.807, 2.05) is 42.5 Å². The maximum Gasteiger partial charge on any atom is 0.375 e. The van der Waals surface area contributed by atoms with Crippen LogP contribution in [0.4, 0.5) is 0 Å². The number of benzene rings is 2. The Balaban J connectivity index is 1.35. The summed E-state index contributed by atoms with van der Waals surface area (Å²) in [6.45, 7) is 4.91. The van der Waals surface area contributed by atoms with Gasteiger partial charge in [0.2, 0.25) is 11.7 Å². The maximum atomic E-state index is 11.8. The molecule has 1 aliphatic rings. The van der Waals surface area contributed by atoms with Gasteiger partial charge in [0, 0.05) is 18.7 Å². The van der Waals surface area contributed by atoms with E-state index in [2.05, 4.69) is 40.4 Å². The smallest absolute Gasteiger partial charge is 0.375 e. The molecule has 0 radical (unpaired) electrons. The fraction of sp³-hybridized carbons (Fsp3) is 0.231. The van der Waals surface area contributed by atoms with Crippen molar-refractivity contribution in [1.29, 1.82) is 0 Å². The van der Waals surface area contributed by atoms with Crippen LogP contribution in [-0.4, -0.2) is 42.2 Å². The lowest BCUT2D eigenvalue weighted by atomic mass is 10.0. The molecule has 0 amide bonds. The summed E-state index contributed by atoms with van der Waals surface area (Å²) in [4.78, 5) is 18.3. The summed E-state index contributed by atoms with van der Waals surface area (Å²) >= 11 is 0. The van der Waals surface area contributed by atoms with Crippen LogP contribution < -0.4 is 0 Å². The van der Waals surface area contributed by atoms with Crippen molar-refractivity contribution in [2.45, 2.75) is 13.5 Å². The van der Waals surface area contributed by atoms with Crippen LogP contribution in [0.25, 0.3) is 17.0 Å². The van der Waals surface area contributed by atoms with Gasteiger partial charge in [0.05, 0.1) is 26.0 Å². The summed E-state index contributed by atoms with van der Waals surface area (Å²) in [7, 11) is 0. The Hall–Kier alpha value is -3.64. The minimum atomic E-state index is -0.507. The number of esters is 1. The van der Waals surface area contributed by atoms with Crippen molar-refractivity contribution >= 4 is 11.5 Å². The first-order valence-corrected chi connectivity index (χ1v) is 10.7. The first kappa shape index (κ1) is 21.6. The standard InChI is InChI=1S/C26H26N2O4/c1-2-31-26(29)24-17-27-25(32-24)22-11-6-10-21(16-22)23-12-7-13-28(18-23)14-15-30-19-20-8-4-3-5-9-20/h3-13,16-17H,2,14-15,18-19H2,1H3. The molecule has 0 saturated carbocycles. The summed E-state index contributed by atoms with van der Waals surface area (Å²) in [6.07, 6.45) is 7.64. The molecule has 0 unspecified atom stereocenters. The monoisotopic (exact) mass is 430 g/mol. The van der Waals surface area contributed by atoms with Gasteiger partial charge in [0.1, 0.15) is 0 Å². The average molecular weight is 431 g/mol. The molecule has 0 aliphatic carbocycles. The fourth-order valence-electron chi connectivity index (χ4n) is 3.45. The van der Waals surface area contributed by atoms with Crippen LogP contribution in [0.15, 0.2) is 83.6 Å². The molecule has 6 heteroatoms. The lowest BCUT2D eigenvalue weighted by Gasteiger charge is -2.25. The first-order valence-electron chi connectivity index (χ1n) is 10.7. The van der Waals surface area contributed by atoms with E-state index in [4.69, 9.17) is 13.9 Å². The molecule has 3 aromatic rings. The summed E-state index contributed by atoms with van der Waals surface area (Å²) in [5.41, 5.74) is 4.26. The number of allylic oxidation sites excluding steroid dienone is 2. The number of aromatic nitrogens is 1. The second-order valence-electron chi connectivity index (χ2n) is 7.37. The number of ether oxygens (including phenoxy) is 2. The van der Waals surface area contributed by atoms with Crippen molar-refractivity contribution in [3.63, 3.8) is 0 Å². The number of oxazole rings is 1. The van der Waals surface area contributed by atoms with E-state index >= 15 is 0 Å². The number of hydrogen-bond acceptors (Lipinski definition) is 6.